The van der Waals surface area contributed by atoms with Crippen molar-refractivity contribution in [2.45, 2.75) is 26.2 Å². The maximum absolute atomic E-state index is 14.3. The molecule has 4 rings (SSSR count). The number of nitrogens with zero attached hydrogens (tertiary/aromatic N) is 1. The first kappa shape index (κ1) is 22.0. The van der Waals surface area contributed by atoms with Crippen LogP contribution in [-0.4, -0.2) is 29.5 Å². The molecule has 0 radical (unpaired) electrons. The SMILES string of the molecule is Cc1onc(-c2c(F)cccc2Cl)c1C(=O)OCC(=O)Nc1sc2c(c1C(N)=O)CCC2. The molecule has 166 valence electrons. The highest BCUT2D eigenvalue weighted by molar-refractivity contribution is 7.17. The molecule has 2 heterocycles. The van der Waals surface area contributed by atoms with E-state index in [0.29, 0.717) is 10.6 Å². The maximum atomic E-state index is 14.3. The summed E-state index contributed by atoms with van der Waals surface area (Å²) in [4.78, 5) is 37.9. The van der Waals surface area contributed by atoms with Gasteiger partial charge in [0, 0.05) is 4.88 Å². The molecule has 32 heavy (non-hydrogen) atoms. The first-order valence-electron chi connectivity index (χ1n) is 9.60. The number of esters is 1. The van der Waals surface area contributed by atoms with Crippen LogP contribution < -0.4 is 11.1 Å². The zero-order valence-corrected chi connectivity index (χ0v) is 18.4. The van der Waals surface area contributed by atoms with E-state index in [2.05, 4.69) is 10.5 Å². The highest BCUT2D eigenvalue weighted by atomic mass is 35.5. The zero-order chi connectivity index (χ0) is 23.0. The third-order valence-corrected chi connectivity index (χ3v) is 6.54. The number of primary amides is 1. The standard InChI is InChI=1S/C21H17ClFN3O5S/c1-9-15(18(26-31-9)17-11(22)5-3-6-12(17)23)21(29)30-8-14(27)25-20-16(19(24)28)10-4-2-7-13(10)32-20/h3,5-6H,2,4,7-8H2,1H3,(H2,24,28)(H,25,27). The Kier molecular flexibility index (Phi) is 5.98. The second kappa shape index (κ2) is 8.71. The van der Waals surface area contributed by atoms with Gasteiger partial charge in [0.05, 0.1) is 16.1 Å². The molecule has 0 saturated carbocycles. The number of ether oxygens (including phenoxy) is 1. The number of anilines is 1. The number of carbonyl (C=O) groups is 3. The predicted molar refractivity (Wildman–Crippen MR) is 115 cm³/mol. The fourth-order valence-electron chi connectivity index (χ4n) is 3.63. The number of carbonyl (C=O) groups excluding carboxylic acids is 3. The minimum atomic E-state index is -0.933. The molecule has 3 N–H and O–H groups in total. The van der Waals surface area contributed by atoms with E-state index in [4.69, 9.17) is 26.6 Å². The second-order valence-electron chi connectivity index (χ2n) is 7.11. The summed E-state index contributed by atoms with van der Waals surface area (Å²) in [6.45, 7) is 0.808. The van der Waals surface area contributed by atoms with Crippen molar-refractivity contribution in [1.29, 1.82) is 0 Å². The van der Waals surface area contributed by atoms with E-state index in [1.165, 1.54) is 36.5 Å². The lowest BCUT2D eigenvalue weighted by Gasteiger charge is -2.08. The minimum Gasteiger partial charge on any atom is -0.452 e. The number of aromatic nitrogens is 1. The van der Waals surface area contributed by atoms with E-state index >= 15 is 0 Å². The molecule has 0 spiro atoms. The monoisotopic (exact) mass is 477 g/mol. The van der Waals surface area contributed by atoms with Gasteiger partial charge in [-0.25, -0.2) is 9.18 Å². The van der Waals surface area contributed by atoms with E-state index in [-0.39, 0.29) is 27.6 Å². The lowest BCUT2D eigenvalue weighted by atomic mass is 10.1. The van der Waals surface area contributed by atoms with Crippen molar-refractivity contribution in [2.24, 2.45) is 5.73 Å². The van der Waals surface area contributed by atoms with E-state index in [1.54, 1.807) is 0 Å². The number of nitrogens with one attached hydrogen (secondary N) is 1. The number of thiophene rings is 1. The Morgan fingerprint density at radius 1 is 1.31 bits per heavy atom. The molecule has 8 nitrogen and oxygen atoms in total. The van der Waals surface area contributed by atoms with Crippen LogP contribution in [0.1, 0.15) is 43.3 Å². The lowest BCUT2D eigenvalue weighted by molar-refractivity contribution is -0.119. The molecule has 0 bridgehead atoms. The molecule has 1 aliphatic carbocycles. The van der Waals surface area contributed by atoms with Gasteiger partial charge in [-0.2, -0.15) is 0 Å². The first-order valence-corrected chi connectivity index (χ1v) is 10.8. The van der Waals surface area contributed by atoms with Crippen LogP contribution in [0, 0.1) is 12.7 Å². The van der Waals surface area contributed by atoms with Gasteiger partial charge in [-0.1, -0.05) is 22.8 Å². The Labute approximate surface area is 190 Å². The number of benzene rings is 1. The van der Waals surface area contributed by atoms with Gasteiger partial charge in [0.1, 0.15) is 27.8 Å². The topological polar surface area (TPSA) is 125 Å². The average molecular weight is 478 g/mol. The normalized spacial score (nSPS) is 12.5. The summed E-state index contributed by atoms with van der Waals surface area (Å²) in [5.41, 5.74) is 6.27. The zero-order valence-electron chi connectivity index (χ0n) is 16.8. The van der Waals surface area contributed by atoms with Gasteiger partial charge in [-0.05, 0) is 43.9 Å². The number of aryl methyl sites for hydroxylation is 2. The van der Waals surface area contributed by atoms with Crippen molar-refractivity contribution in [2.75, 3.05) is 11.9 Å². The van der Waals surface area contributed by atoms with E-state index < -0.39 is 30.2 Å². The Bertz CT molecular complexity index is 1230. The molecule has 11 heteroatoms. The lowest BCUT2D eigenvalue weighted by Crippen LogP contribution is -2.23. The minimum absolute atomic E-state index is 0.0369. The Hall–Kier alpha value is -3.24. The molecule has 0 saturated heterocycles. The van der Waals surface area contributed by atoms with Crippen LogP contribution in [0.15, 0.2) is 22.7 Å². The smallest absolute Gasteiger partial charge is 0.344 e. The number of halogens is 2. The van der Waals surface area contributed by atoms with Gasteiger partial charge in [0.2, 0.25) is 0 Å². The van der Waals surface area contributed by atoms with Crippen LogP contribution in [0.25, 0.3) is 11.3 Å². The number of nitrogens with two attached hydrogens (primary N) is 1. The van der Waals surface area contributed by atoms with E-state index in [0.717, 1.165) is 29.7 Å². The highest BCUT2D eigenvalue weighted by Gasteiger charge is 2.28. The molecule has 0 aliphatic heterocycles. The molecule has 1 aromatic carbocycles. The number of fused-ring (bicyclic) bond motifs is 1. The summed E-state index contributed by atoms with van der Waals surface area (Å²) in [5.74, 6) is -2.82. The first-order chi connectivity index (χ1) is 15.3. The summed E-state index contributed by atoms with van der Waals surface area (Å²) in [6, 6.07) is 4.03. The Morgan fingerprint density at radius 2 is 2.09 bits per heavy atom. The van der Waals surface area contributed by atoms with Crippen molar-refractivity contribution in [1.82, 2.24) is 5.16 Å². The second-order valence-corrected chi connectivity index (χ2v) is 8.62. The van der Waals surface area contributed by atoms with Crippen molar-refractivity contribution in [3.05, 3.63) is 56.4 Å². The molecule has 2 amide bonds. The van der Waals surface area contributed by atoms with Gasteiger partial charge in [0.15, 0.2) is 6.61 Å². The number of rotatable bonds is 6. The van der Waals surface area contributed by atoms with Crippen LogP contribution in [0.5, 0.6) is 0 Å². The summed E-state index contributed by atoms with van der Waals surface area (Å²) in [6.07, 6.45) is 2.47. The van der Waals surface area contributed by atoms with Crippen LogP contribution in [0.4, 0.5) is 9.39 Å². The highest BCUT2D eigenvalue weighted by Crippen LogP contribution is 2.39. The van der Waals surface area contributed by atoms with Crippen LogP contribution in [-0.2, 0) is 22.4 Å². The fourth-order valence-corrected chi connectivity index (χ4v) is 5.19. The summed E-state index contributed by atoms with van der Waals surface area (Å²) < 4.78 is 24.4. The van der Waals surface area contributed by atoms with Crippen molar-refractivity contribution in [3.8, 4) is 11.3 Å². The summed E-state index contributed by atoms with van der Waals surface area (Å²) >= 11 is 7.35. The molecule has 0 fully saturated rings. The molecule has 1 aliphatic rings. The molecular weight excluding hydrogens is 461 g/mol. The van der Waals surface area contributed by atoms with Crippen LogP contribution >= 0.6 is 22.9 Å². The van der Waals surface area contributed by atoms with E-state index in [1.807, 2.05) is 0 Å². The Balaban J connectivity index is 1.49. The number of hydrogen-bond acceptors (Lipinski definition) is 7. The molecular formula is C21H17ClFN3O5S. The average Bonchev–Trinajstić information content (AvgIpc) is 3.40. The van der Waals surface area contributed by atoms with E-state index in [9.17, 15) is 18.8 Å². The number of amides is 2. The third-order valence-electron chi connectivity index (χ3n) is 5.02. The van der Waals surface area contributed by atoms with Crippen LogP contribution in [0.2, 0.25) is 5.02 Å². The van der Waals surface area contributed by atoms with Crippen LogP contribution in [0.3, 0.4) is 0 Å². The van der Waals surface area contributed by atoms with Crippen molar-refractivity contribution in [3.63, 3.8) is 0 Å². The Morgan fingerprint density at radius 3 is 2.81 bits per heavy atom. The van der Waals surface area contributed by atoms with Gasteiger partial charge >= 0.3 is 5.97 Å². The molecule has 2 aromatic heterocycles. The van der Waals surface area contributed by atoms with Gasteiger partial charge in [-0.15, -0.1) is 11.3 Å². The fraction of sp³-hybridized carbons (Fsp3) is 0.238. The largest absolute Gasteiger partial charge is 0.452 e. The van der Waals surface area contributed by atoms with Crippen molar-refractivity contribution < 1.29 is 28.0 Å². The molecule has 3 aromatic rings. The summed E-state index contributed by atoms with van der Waals surface area (Å²) in [5, 5.41) is 6.69. The third kappa shape index (κ3) is 3.98. The quantitative estimate of drug-likeness (QED) is 0.519. The molecule has 0 atom stereocenters. The predicted octanol–water partition coefficient (Wildman–Crippen LogP) is 3.89. The van der Waals surface area contributed by atoms with Gasteiger partial charge < -0.3 is 20.3 Å². The van der Waals surface area contributed by atoms with Crippen molar-refractivity contribution >= 4 is 45.7 Å². The molecule has 0 unspecified atom stereocenters. The number of hydrogen-bond donors (Lipinski definition) is 2. The van der Waals surface area contributed by atoms with Gasteiger partial charge in [0.25, 0.3) is 11.8 Å². The van der Waals surface area contributed by atoms with Gasteiger partial charge in [-0.3, -0.25) is 9.59 Å². The summed E-state index contributed by atoms with van der Waals surface area (Å²) in [7, 11) is 0. The maximum Gasteiger partial charge on any atom is 0.344 e.